The molecule has 200 valence electrons. The van der Waals surface area contributed by atoms with Crippen LogP contribution in [0.4, 0.5) is 0 Å². The second-order valence-corrected chi connectivity index (χ2v) is 10.5. The number of unbranched alkanes of at least 4 members (excludes halogenated alkanes) is 12. The van der Waals surface area contributed by atoms with Gasteiger partial charge in [-0.3, -0.25) is 0 Å². The van der Waals surface area contributed by atoms with E-state index in [4.69, 9.17) is 24.7 Å². The molecule has 9 heteroatoms. The topological polar surface area (TPSA) is 131 Å². The van der Waals surface area contributed by atoms with Crippen LogP contribution in [0, 0.1) is 0 Å². The smallest absolute Gasteiger partial charge is 0.334 e. The van der Waals surface area contributed by atoms with Crippen LogP contribution in [-0.4, -0.2) is 36.4 Å². The van der Waals surface area contributed by atoms with Crippen LogP contribution in [-0.2, 0) is 9.91 Å². The summed E-state index contributed by atoms with van der Waals surface area (Å²) in [6.07, 6.45) is 18.9. The lowest BCUT2D eigenvalue weighted by molar-refractivity contribution is 0.0132. The molecule has 0 amide bonds. The van der Waals surface area contributed by atoms with E-state index in [0.29, 0.717) is 6.61 Å². The fraction of sp³-hybridized carbons (Fsp3) is 0.760. The number of rotatable bonds is 20. The molecule has 0 saturated heterocycles. The maximum atomic E-state index is 11.4. The van der Waals surface area contributed by atoms with Crippen molar-refractivity contribution < 1.29 is 34.1 Å². The molecule has 1 aromatic rings. The van der Waals surface area contributed by atoms with Gasteiger partial charge in [0.25, 0.3) is 0 Å². The van der Waals surface area contributed by atoms with Crippen molar-refractivity contribution in [2.75, 3.05) is 6.61 Å². The fourth-order valence-electron chi connectivity index (χ4n) is 4.02. The monoisotopic (exact) mass is 522 g/mol. The van der Waals surface area contributed by atoms with Gasteiger partial charge in [0.05, 0.1) is 5.60 Å². The second-order valence-electron chi connectivity index (χ2n) is 8.80. The van der Waals surface area contributed by atoms with Crippen LogP contribution in [0.5, 0.6) is 0 Å². The number of hydrogen-bond donors (Lipinski definition) is 6. The summed E-state index contributed by atoms with van der Waals surface area (Å²) in [7, 11) is -5.22. The quantitative estimate of drug-likeness (QED) is 0.0845. The van der Waals surface area contributed by atoms with E-state index in [2.05, 4.69) is 23.4 Å². The molecule has 0 aromatic heterocycles. The van der Waals surface area contributed by atoms with Crippen molar-refractivity contribution >= 4 is 17.2 Å². The van der Waals surface area contributed by atoms with Crippen LogP contribution in [0.25, 0.3) is 0 Å². The lowest BCUT2D eigenvalue weighted by Crippen LogP contribution is -2.25. The van der Waals surface area contributed by atoms with Crippen LogP contribution in [0.15, 0.2) is 30.3 Å². The summed E-state index contributed by atoms with van der Waals surface area (Å²) >= 11 is 0. The van der Waals surface area contributed by atoms with Crippen molar-refractivity contribution in [3.8, 4) is 0 Å². The Morgan fingerprint density at radius 3 is 1.44 bits per heavy atom. The number of benzene rings is 1. The minimum absolute atomic E-state index is 0.322. The SMILES string of the molecule is CCCCCCCCCC(O)(CCCCCCCCCO)c1ccccc1.OP(O)OP(O)O. The molecule has 0 bridgehead atoms. The Balaban J connectivity index is 0.00000135. The number of aliphatic hydroxyl groups excluding tert-OH is 1. The number of aliphatic hydroxyl groups is 2. The largest absolute Gasteiger partial charge is 0.396 e. The summed E-state index contributed by atoms with van der Waals surface area (Å²) in [5.74, 6) is 0. The minimum atomic E-state index is -2.61. The first-order valence-electron chi connectivity index (χ1n) is 12.8. The van der Waals surface area contributed by atoms with E-state index >= 15 is 0 Å². The average Bonchev–Trinajstić information content (AvgIpc) is 2.80. The second kappa shape index (κ2) is 23.2. The zero-order chi connectivity index (χ0) is 25.5. The van der Waals surface area contributed by atoms with Gasteiger partial charge in [-0.25, -0.2) is 4.31 Å². The highest BCUT2D eigenvalue weighted by Gasteiger charge is 2.27. The van der Waals surface area contributed by atoms with Gasteiger partial charge < -0.3 is 29.8 Å². The fourth-order valence-corrected chi connectivity index (χ4v) is 4.54. The van der Waals surface area contributed by atoms with Gasteiger partial charge in [0.15, 0.2) is 0 Å². The first-order valence-corrected chi connectivity index (χ1v) is 15.1. The molecule has 0 heterocycles. The predicted molar refractivity (Wildman–Crippen MR) is 141 cm³/mol. The molecule has 0 aliphatic heterocycles. The van der Waals surface area contributed by atoms with E-state index < -0.39 is 22.8 Å². The van der Waals surface area contributed by atoms with Crippen LogP contribution in [0.1, 0.15) is 115 Å². The Kier molecular flexibility index (Phi) is 23.1. The standard InChI is InChI=1S/C25H44O2.H4O5P2/c1-2-3-4-5-7-10-16-21-25(27,24-19-14-13-15-20-24)22-17-11-8-6-9-12-18-23-26;1-6(2)5-7(3)4/h13-15,19-20,26-27H,2-12,16-18,21-23H2,1H3;1-4H. The van der Waals surface area contributed by atoms with Gasteiger partial charge in [-0.1, -0.05) is 121 Å². The molecule has 1 atom stereocenters. The Labute approximate surface area is 209 Å². The molecule has 0 spiro atoms. The molecule has 34 heavy (non-hydrogen) atoms. The van der Waals surface area contributed by atoms with Crippen LogP contribution < -0.4 is 0 Å². The van der Waals surface area contributed by atoms with Crippen molar-refractivity contribution in [3.63, 3.8) is 0 Å². The Bertz CT molecular complexity index is 543. The first kappa shape index (κ1) is 33.8. The van der Waals surface area contributed by atoms with Crippen molar-refractivity contribution in [1.82, 2.24) is 0 Å². The van der Waals surface area contributed by atoms with E-state index in [1.165, 1.54) is 64.2 Å². The van der Waals surface area contributed by atoms with Gasteiger partial charge >= 0.3 is 17.2 Å². The molecule has 0 aliphatic rings. The van der Waals surface area contributed by atoms with E-state index in [-0.39, 0.29) is 0 Å². The molecular weight excluding hydrogens is 474 g/mol. The van der Waals surface area contributed by atoms with Gasteiger partial charge in [-0.2, -0.15) is 0 Å². The average molecular weight is 523 g/mol. The van der Waals surface area contributed by atoms with Crippen molar-refractivity contribution in [1.29, 1.82) is 0 Å². The lowest BCUT2D eigenvalue weighted by atomic mass is 9.83. The van der Waals surface area contributed by atoms with Crippen molar-refractivity contribution in [2.24, 2.45) is 0 Å². The Morgan fingerprint density at radius 2 is 1.06 bits per heavy atom. The number of hydrogen-bond acceptors (Lipinski definition) is 7. The molecule has 1 rings (SSSR count). The zero-order valence-electron chi connectivity index (χ0n) is 20.9. The maximum absolute atomic E-state index is 11.4. The van der Waals surface area contributed by atoms with E-state index in [1.54, 1.807) is 0 Å². The van der Waals surface area contributed by atoms with Crippen LogP contribution in [0.2, 0.25) is 0 Å². The van der Waals surface area contributed by atoms with E-state index in [1.807, 2.05) is 18.2 Å². The molecule has 1 unspecified atom stereocenters. The molecule has 0 fully saturated rings. The minimum Gasteiger partial charge on any atom is -0.396 e. The maximum Gasteiger partial charge on any atom is 0.334 e. The van der Waals surface area contributed by atoms with Crippen LogP contribution in [0.3, 0.4) is 0 Å². The van der Waals surface area contributed by atoms with E-state index in [0.717, 1.165) is 44.1 Å². The zero-order valence-corrected chi connectivity index (χ0v) is 22.7. The van der Waals surface area contributed by atoms with E-state index in [9.17, 15) is 5.11 Å². The third kappa shape index (κ3) is 20.0. The Hall–Kier alpha value is -0.200. The highest BCUT2D eigenvalue weighted by Crippen LogP contribution is 2.41. The van der Waals surface area contributed by atoms with Crippen LogP contribution >= 0.6 is 17.2 Å². The third-order valence-electron chi connectivity index (χ3n) is 5.90. The first-order chi connectivity index (χ1) is 16.4. The Morgan fingerprint density at radius 1 is 0.647 bits per heavy atom. The van der Waals surface area contributed by atoms with Gasteiger partial charge in [-0.05, 0) is 24.8 Å². The van der Waals surface area contributed by atoms with Gasteiger partial charge in [0.2, 0.25) is 0 Å². The van der Waals surface area contributed by atoms with Gasteiger partial charge in [-0.15, -0.1) is 0 Å². The molecule has 0 aliphatic carbocycles. The summed E-state index contributed by atoms with van der Waals surface area (Å²) in [6, 6.07) is 10.3. The summed E-state index contributed by atoms with van der Waals surface area (Å²) < 4.78 is 3.60. The molecule has 0 radical (unpaired) electrons. The van der Waals surface area contributed by atoms with Gasteiger partial charge in [0, 0.05) is 6.61 Å². The third-order valence-corrected chi connectivity index (χ3v) is 7.07. The summed E-state index contributed by atoms with van der Waals surface area (Å²) in [4.78, 5) is 31.3. The molecule has 0 saturated carbocycles. The molecule has 7 nitrogen and oxygen atoms in total. The predicted octanol–water partition coefficient (Wildman–Crippen LogP) is 6.55. The lowest BCUT2D eigenvalue weighted by Gasteiger charge is -2.29. The molecule has 6 N–H and O–H groups in total. The summed E-state index contributed by atoms with van der Waals surface area (Å²) in [5.41, 5.74) is 0.445. The van der Waals surface area contributed by atoms with Crippen molar-refractivity contribution in [3.05, 3.63) is 35.9 Å². The molecule has 1 aromatic carbocycles. The normalized spacial score (nSPS) is 13.1. The highest BCUT2D eigenvalue weighted by atomic mass is 31.2. The summed E-state index contributed by atoms with van der Waals surface area (Å²) in [6.45, 7) is 2.58. The van der Waals surface area contributed by atoms with Crippen molar-refractivity contribution in [2.45, 2.75) is 115 Å². The highest BCUT2D eigenvalue weighted by molar-refractivity contribution is 7.53. The van der Waals surface area contributed by atoms with Gasteiger partial charge in [0.1, 0.15) is 0 Å². The summed E-state index contributed by atoms with van der Waals surface area (Å²) in [5, 5.41) is 20.2. The molecular formula is C25H48O7P2.